The molecule has 1 aliphatic carbocycles. The minimum Gasteiger partial charge on any atom is -0.497 e. The first kappa shape index (κ1) is 21.4. The Bertz CT molecular complexity index is 1080. The summed E-state index contributed by atoms with van der Waals surface area (Å²) < 4.78 is 12.6. The largest absolute Gasteiger partial charge is 0.497 e. The van der Waals surface area contributed by atoms with E-state index in [-0.39, 0.29) is 0 Å². The van der Waals surface area contributed by atoms with Gasteiger partial charge in [0.1, 0.15) is 11.4 Å². The van der Waals surface area contributed by atoms with Crippen LogP contribution in [0.3, 0.4) is 0 Å². The maximum Gasteiger partial charge on any atom is 0.413 e. The Hall–Kier alpha value is -2.87. The van der Waals surface area contributed by atoms with Crippen molar-refractivity contribution in [2.75, 3.05) is 12.4 Å². The van der Waals surface area contributed by atoms with Crippen molar-refractivity contribution in [2.24, 2.45) is 5.92 Å². The number of anilines is 1. The molecule has 2 heterocycles. The van der Waals surface area contributed by atoms with Crippen molar-refractivity contribution in [3.05, 3.63) is 46.6 Å². The smallest absolute Gasteiger partial charge is 0.413 e. The van der Waals surface area contributed by atoms with E-state index in [0.29, 0.717) is 17.6 Å². The summed E-state index contributed by atoms with van der Waals surface area (Å²) in [5.74, 6) is 1.28. The number of nitrogens with zero attached hydrogens (tertiary/aromatic N) is 3. The minimum atomic E-state index is -0.553. The molecule has 0 radical (unpaired) electrons. The zero-order valence-electron chi connectivity index (χ0n) is 18.6. The second kappa shape index (κ2) is 8.34. The van der Waals surface area contributed by atoms with Gasteiger partial charge in [-0.1, -0.05) is 19.1 Å². The molecule has 1 unspecified atom stereocenters. The van der Waals surface area contributed by atoms with Crippen LogP contribution in [0.15, 0.2) is 30.5 Å². The Morgan fingerprint density at radius 2 is 2.00 bits per heavy atom. The third-order valence-corrected chi connectivity index (χ3v) is 5.97. The number of aromatic nitrogens is 3. The maximum absolute atomic E-state index is 12.2. The molecule has 1 amide bonds. The van der Waals surface area contributed by atoms with Gasteiger partial charge in [0.15, 0.2) is 5.13 Å². The average Bonchev–Trinajstić information content (AvgIpc) is 3.21. The van der Waals surface area contributed by atoms with E-state index in [1.54, 1.807) is 7.11 Å². The minimum absolute atomic E-state index is 0.444. The zero-order chi connectivity index (χ0) is 22.2. The summed E-state index contributed by atoms with van der Waals surface area (Å²) in [7, 11) is 1.66. The molecule has 0 fully saturated rings. The third-order valence-electron chi connectivity index (χ3n) is 4.98. The molecule has 0 saturated heterocycles. The van der Waals surface area contributed by atoms with Crippen LogP contribution >= 0.6 is 11.3 Å². The topological polar surface area (TPSA) is 78.3 Å². The normalized spacial score (nSPS) is 15.6. The number of hydrogen-bond acceptors (Lipinski definition) is 6. The molecule has 1 atom stereocenters. The number of thiazole rings is 1. The van der Waals surface area contributed by atoms with Crippen LogP contribution in [0.4, 0.5) is 9.93 Å². The van der Waals surface area contributed by atoms with Crippen LogP contribution in [0.5, 0.6) is 5.75 Å². The summed E-state index contributed by atoms with van der Waals surface area (Å²) >= 11 is 1.51. The molecule has 1 aliphatic rings. The van der Waals surface area contributed by atoms with Crippen molar-refractivity contribution in [1.82, 2.24) is 14.8 Å². The van der Waals surface area contributed by atoms with Gasteiger partial charge in [-0.2, -0.15) is 5.10 Å². The molecular formula is C23H28N4O3S. The summed E-state index contributed by atoms with van der Waals surface area (Å²) in [6.45, 7) is 8.42. The number of hydrogen-bond donors (Lipinski definition) is 1. The van der Waals surface area contributed by atoms with Gasteiger partial charge in [-0.15, -0.1) is 11.3 Å². The van der Waals surface area contributed by atoms with Crippen molar-refractivity contribution in [2.45, 2.75) is 52.7 Å². The van der Waals surface area contributed by atoms with Gasteiger partial charge in [0, 0.05) is 16.6 Å². The fourth-order valence-corrected chi connectivity index (χ4v) is 4.80. The number of amides is 1. The summed E-state index contributed by atoms with van der Waals surface area (Å²) in [4.78, 5) is 18.1. The predicted octanol–water partition coefficient (Wildman–Crippen LogP) is 5.15. The highest BCUT2D eigenvalue weighted by Crippen LogP contribution is 2.38. The molecule has 0 aliphatic heterocycles. The Kier molecular flexibility index (Phi) is 5.75. The van der Waals surface area contributed by atoms with Gasteiger partial charge in [0.25, 0.3) is 0 Å². The van der Waals surface area contributed by atoms with Gasteiger partial charge in [-0.25, -0.2) is 9.78 Å². The summed E-state index contributed by atoms with van der Waals surface area (Å²) in [5, 5.41) is 8.20. The first-order chi connectivity index (χ1) is 14.7. The molecule has 3 aromatic rings. The Morgan fingerprint density at radius 3 is 2.68 bits per heavy atom. The molecular weight excluding hydrogens is 412 g/mol. The van der Waals surface area contributed by atoms with Crippen LogP contribution in [-0.4, -0.2) is 33.6 Å². The lowest BCUT2D eigenvalue weighted by atomic mass is 10.0. The summed E-state index contributed by atoms with van der Waals surface area (Å²) in [6, 6.07) is 8.01. The monoisotopic (exact) mass is 440 g/mol. The second-order valence-corrected chi connectivity index (χ2v) is 10.0. The number of carbonyl (C=O) groups excluding carboxylic acids is 1. The molecule has 0 saturated carbocycles. The Balaban J connectivity index is 1.59. The lowest BCUT2D eigenvalue weighted by Gasteiger charge is -2.18. The van der Waals surface area contributed by atoms with Crippen LogP contribution < -0.4 is 10.1 Å². The average molecular weight is 441 g/mol. The number of methoxy groups -OCH3 is 1. The van der Waals surface area contributed by atoms with Crippen molar-refractivity contribution < 1.29 is 14.3 Å². The van der Waals surface area contributed by atoms with Crippen LogP contribution in [-0.2, 0) is 24.1 Å². The molecule has 164 valence electrons. The van der Waals surface area contributed by atoms with Crippen molar-refractivity contribution in [1.29, 1.82) is 0 Å². The molecule has 4 rings (SSSR count). The Morgan fingerprint density at radius 1 is 1.26 bits per heavy atom. The summed E-state index contributed by atoms with van der Waals surface area (Å²) in [5.41, 5.74) is 3.60. The highest BCUT2D eigenvalue weighted by atomic mass is 32.1. The lowest BCUT2D eigenvalue weighted by Crippen LogP contribution is -2.27. The van der Waals surface area contributed by atoms with Crippen molar-refractivity contribution in [3.8, 4) is 17.0 Å². The molecule has 7 nitrogen and oxygen atoms in total. The fraction of sp³-hybridized carbons (Fsp3) is 0.435. The lowest BCUT2D eigenvalue weighted by molar-refractivity contribution is 0.0636. The van der Waals surface area contributed by atoms with Gasteiger partial charge >= 0.3 is 6.09 Å². The van der Waals surface area contributed by atoms with Gasteiger partial charge in [-0.05, 0) is 57.2 Å². The second-order valence-electron chi connectivity index (χ2n) is 8.97. The molecule has 1 aromatic carbocycles. The first-order valence-corrected chi connectivity index (χ1v) is 11.2. The molecule has 0 spiro atoms. The number of ether oxygens (including phenoxy) is 2. The van der Waals surface area contributed by atoms with Crippen molar-refractivity contribution in [3.63, 3.8) is 0 Å². The van der Waals surface area contributed by atoms with Crippen molar-refractivity contribution >= 4 is 22.6 Å². The summed E-state index contributed by atoms with van der Waals surface area (Å²) in [6.07, 6.45) is 3.40. The number of carbonyl (C=O) groups is 1. The number of nitrogens with one attached hydrogen (secondary N) is 1. The Labute approximate surface area is 186 Å². The van der Waals surface area contributed by atoms with E-state index in [1.165, 1.54) is 16.2 Å². The van der Waals surface area contributed by atoms with E-state index in [0.717, 1.165) is 41.1 Å². The zero-order valence-corrected chi connectivity index (χ0v) is 19.4. The fourth-order valence-electron chi connectivity index (χ4n) is 3.67. The molecule has 1 N–H and O–H groups in total. The van der Waals surface area contributed by atoms with Gasteiger partial charge < -0.3 is 9.47 Å². The number of rotatable bonds is 4. The van der Waals surface area contributed by atoms with E-state index >= 15 is 0 Å². The first-order valence-electron chi connectivity index (χ1n) is 10.4. The SMILES string of the molecule is COc1ccc(Cn2cc3c(n2)CC(C)Cc2sc(NC(=O)OC(C)(C)C)nc2-3)cc1. The number of benzene rings is 1. The van der Waals surface area contributed by atoms with E-state index in [9.17, 15) is 4.79 Å². The maximum atomic E-state index is 12.2. The molecule has 31 heavy (non-hydrogen) atoms. The van der Waals surface area contributed by atoms with E-state index in [4.69, 9.17) is 19.6 Å². The highest BCUT2D eigenvalue weighted by molar-refractivity contribution is 7.16. The number of fused-ring (bicyclic) bond motifs is 3. The van der Waals surface area contributed by atoms with Gasteiger partial charge in [0.2, 0.25) is 0 Å². The van der Waals surface area contributed by atoms with Crippen LogP contribution in [0.25, 0.3) is 11.3 Å². The third kappa shape index (κ3) is 5.07. The predicted molar refractivity (Wildman–Crippen MR) is 122 cm³/mol. The molecule has 8 heteroatoms. The highest BCUT2D eigenvalue weighted by Gasteiger charge is 2.26. The van der Waals surface area contributed by atoms with E-state index < -0.39 is 11.7 Å². The quantitative estimate of drug-likeness (QED) is 0.607. The van der Waals surface area contributed by atoms with Gasteiger partial charge in [-0.3, -0.25) is 10.00 Å². The van der Waals surface area contributed by atoms with E-state index in [2.05, 4.69) is 18.4 Å². The van der Waals surface area contributed by atoms with Crippen LogP contribution in [0.2, 0.25) is 0 Å². The standard InChI is InChI=1S/C23H28N4O3S/c1-14-10-18-17(13-27(26-18)12-15-6-8-16(29-5)9-7-15)20-19(11-14)31-21(24-20)25-22(28)30-23(2,3)4/h6-9,13-14H,10-12H2,1-5H3,(H,24,25,28). The van der Waals surface area contributed by atoms with E-state index in [1.807, 2.05) is 49.7 Å². The van der Waals surface area contributed by atoms with Crippen LogP contribution in [0.1, 0.15) is 43.8 Å². The van der Waals surface area contributed by atoms with Crippen LogP contribution in [0, 0.1) is 5.92 Å². The molecule has 0 bridgehead atoms. The van der Waals surface area contributed by atoms with Gasteiger partial charge in [0.05, 0.1) is 25.0 Å². The molecule has 2 aromatic heterocycles.